The number of carbonyl (C=O) groups is 3. The van der Waals surface area contributed by atoms with Crippen LogP contribution in [0, 0.1) is 6.92 Å². The van der Waals surface area contributed by atoms with Crippen molar-refractivity contribution in [2.24, 2.45) is 0 Å². The molecule has 170 valence electrons. The summed E-state index contributed by atoms with van der Waals surface area (Å²) in [5.74, 6) is -0.161. The Morgan fingerprint density at radius 1 is 0.938 bits per heavy atom. The van der Waals surface area contributed by atoms with Crippen LogP contribution in [0.3, 0.4) is 0 Å². The van der Waals surface area contributed by atoms with Crippen LogP contribution in [0.15, 0.2) is 54.6 Å². The summed E-state index contributed by atoms with van der Waals surface area (Å²) in [7, 11) is 0. The third-order valence-electron chi connectivity index (χ3n) is 5.66. The average Bonchev–Trinajstić information content (AvgIpc) is 2.78. The Labute approximate surface area is 189 Å². The molecule has 0 aliphatic carbocycles. The lowest BCUT2D eigenvalue weighted by Crippen LogP contribution is -2.51. The summed E-state index contributed by atoms with van der Waals surface area (Å²) < 4.78 is 0. The van der Waals surface area contributed by atoms with Crippen LogP contribution in [0.4, 0.5) is 0 Å². The molecular formula is C25H32N4O3. The number of piperazine rings is 1. The quantitative estimate of drug-likeness (QED) is 0.663. The van der Waals surface area contributed by atoms with Gasteiger partial charge >= 0.3 is 0 Å². The first-order valence-electron chi connectivity index (χ1n) is 11.0. The van der Waals surface area contributed by atoms with E-state index in [0.29, 0.717) is 39.3 Å². The van der Waals surface area contributed by atoms with Crippen LogP contribution in [-0.2, 0) is 20.9 Å². The number of aryl methyl sites for hydroxylation is 1. The van der Waals surface area contributed by atoms with Gasteiger partial charge in [0.2, 0.25) is 17.7 Å². The first-order chi connectivity index (χ1) is 15.4. The van der Waals surface area contributed by atoms with E-state index in [9.17, 15) is 14.4 Å². The molecule has 0 bridgehead atoms. The Morgan fingerprint density at radius 2 is 1.59 bits per heavy atom. The lowest BCUT2D eigenvalue weighted by molar-refractivity contribution is -0.134. The van der Waals surface area contributed by atoms with Gasteiger partial charge in [-0.2, -0.15) is 0 Å². The van der Waals surface area contributed by atoms with Gasteiger partial charge in [-0.1, -0.05) is 60.2 Å². The molecule has 1 saturated heterocycles. The monoisotopic (exact) mass is 436 g/mol. The van der Waals surface area contributed by atoms with Gasteiger partial charge in [0.1, 0.15) is 0 Å². The molecule has 0 spiro atoms. The summed E-state index contributed by atoms with van der Waals surface area (Å²) in [6.45, 7) is 6.77. The van der Waals surface area contributed by atoms with Crippen molar-refractivity contribution in [3.63, 3.8) is 0 Å². The summed E-state index contributed by atoms with van der Waals surface area (Å²) in [4.78, 5) is 40.7. The molecule has 2 N–H and O–H groups in total. The van der Waals surface area contributed by atoms with E-state index in [2.05, 4.69) is 15.5 Å². The molecular weight excluding hydrogens is 404 g/mol. The molecule has 7 nitrogen and oxygen atoms in total. The van der Waals surface area contributed by atoms with Gasteiger partial charge in [0.05, 0.1) is 19.0 Å². The second-order valence-corrected chi connectivity index (χ2v) is 8.29. The Kier molecular flexibility index (Phi) is 8.39. The summed E-state index contributed by atoms with van der Waals surface area (Å²) in [5.41, 5.74) is 3.12. The molecule has 1 fully saturated rings. The third-order valence-corrected chi connectivity index (χ3v) is 5.66. The number of benzene rings is 2. The summed E-state index contributed by atoms with van der Waals surface area (Å²) >= 11 is 0. The van der Waals surface area contributed by atoms with Gasteiger partial charge in [-0.15, -0.1) is 0 Å². The van der Waals surface area contributed by atoms with Crippen LogP contribution in [0.25, 0.3) is 0 Å². The van der Waals surface area contributed by atoms with E-state index in [0.717, 1.165) is 16.7 Å². The van der Waals surface area contributed by atoms with E-state index in [1.807, 2.05) is 66.4 Å². The molecule has 2 aromatic rings. The fraction of sp³-hybridized carbons (Fsp3) is 0.400. The fourth-order valence-electron chi connectivity index (χ4n) is 3.81. The topological polar surface area (TPSA) is 81.8 Å². The number of rotatable bonds is 8. The van der Waals surface area contributed by atoms with Crippen molar-refractivity contribution in [1.29, 1.82) is 0 Å². The zero-order valence-corrected chi connectivity index (χ0v) is 18.8. The van der Waals surface area contributed by atoms with E-state index in [-0.39, 0.29) is 30.2 Å². The molecule has 32 heavy (non-hydrogen) atoms. The first kappa shape index (κ1) is 23.5. The van der Waals surface area contributed by atoms with Gasteiger partial charge in [-0.3, -0.25) is 19.3 Å². The van der Waals surface area contributed by atoms with Crippen molar-refractivity contribution in [3.8, 4) is 0 Å². The number of amides is 3. The maximum Gasteiger partial charge on any atom is 0.234 e. The molecule has 1 aliphatic heterocycles. The van der Waals surface area contributed by atoms with E-state index in [1.54, 1.807) is 0 Å². The number of hydrogen-bond donors (Lipinski definition) is 2. The molecule has 0 aromatic heterocycles. The van der Waals surface area contributed by atoms with Crippen molar-refractivity contribution >= 4 is 17.7 Å². The second-order valence-electron chi connectivity index (χ2n) is 8.29. The smallest absolute Gasteiger partial charge is 0.234 e. The van der Waals surface area contributed by atoms with Crippen molar-refractivity contribution < 1.29 is 14.4 Å². The van der Waals surface area contributed by atoms with Crippen LogP contribution in [-0.4, -0.2) is 60.2 Å². The Bertz CT molecular complexity index is 907. The zero-order valence-electron chi connectivity index (χ0n) is 18.8. The van der Waals surface area contributed by atoms with E-state index >= 15 is 0 Å². The number of nitrogens with zero attached hydrogens (tertiary/aromatic N) is 2. The highest BCUT2D eigenvalue weighted by Gasteiger charge is 2.25. The number of nitrogens with one attached hydrogen (secondary N) is 2. The lowest BCUT2D eigenvalue weighted by Gasteiger charge is -2.35. The lowest BCUT2D eigenvalue weighted by atomic mass is 10.0. The number of hydrogen-bond acceptors (Lipinski definition) is 4. The van der Waals surface area contributed by atoms with E-state index in [4.69, 9.17) is 0 Å². The Morgan fingerprint density at radius 3 is 2.22 bits per heavy atom. The minimum absolute atomic E-state index is 0.0116. The molecule has 3 amide bonds. The SMILES string of the molecule is CC(=O)NC(CC(=O)N1CCN(CC(=O)NCc2ccccc2)CC1)c1ccc(C)cc1. The predicted octanol–water partition coefficient (Wildman–Crippen LogP) is 2.02. The highest BCUT2D eigenvalue weighted by Crippen LogP contribution is 2.19. The van der Waals surface area contributed by atoms with Crippen LogP contribution in [0.5, 0.6) is 0 Å². The van der Waals surface area contributed by atoms with Gasteiger partial charge in [0.15, 0.2) is 0 Å². The maximum absolute atomic E-state index is 12.9. The minimum Gasteiger partial charge on any atom is -0.351 e. The molecule has 3 rings (SSSR count). The maximum atomic E-state index is 12.9. The van der Waals surface area contributed by atoms with Gasteiger partial charge in [-0.05, 0) is 18.1 Å². The van der Waals surface area contributed by atoms with Crippen LogP contribution >= 0.6 is 0 Å². The minimum atomic E-state index is -0.345. The van der Waals surface area contributed by atoms with Crippen molar-refractivity contribution in [2.45, 2.75) is 32.9 Å². The summed E-state index contributed by atoms with van der Waals surface area (Å²) in [5, 5.41) is 5.84. The van der Waals surface area contributed by atoms with Crippen LogP contribution < -0.4 is 10.6 Å². The predicted molar refractivity (Wildman–Crippen MR) is 124 cm³/mol. The van der Waals surface area contributed by atoms with Crippen molar-refractivity contribution in [2.75, 3.05) is 32.7 Å². The highest BCUT2D eigenvalue weighted by molar-refractivity contribution is 5.80. The fourth-order valence-corrected chi connectivity index (χ4v) is 3.81. The molecule has 7 heteroatoms. The first-order valence-corrected chi connectivity index (χ1v) is 11.0. The third kappa shape index (κ3) is 7.20. The van der Waals surface area contributed by atoms with Gasteiger partial charge in [0.25, 0.3) is 0 Å². The number of carbonyl (C=O) groups excluding carboxylic acids is 3. The normalized spacial score (nSPS) is 15.1. The van der Waals surface area contributed by atoms with Crippen LogP contribution in [0.1, 0.15) is 36.1 Å². The summed E-state index contributed by atoms with van der Waals surface area (Å²) in [6, 6.07) is 17.3. The molecule has 1 atom stereocenters. The molecule has 2 aromatic carbocycles. The van der Waals surface area contributed by atoms with Gasteiger partial charge < -0.3 is 15.5 Å². The Balaban J connectivity index is 1.45. The molecule has 1 unspecified atom stereocenters. The Hall–Kier alpha value is -3.19. The molecule has 1 aliphatic rings. The molecule has 1 heterocycles. The van der Waals surface area contributed by atoms with Gasteiger partial charge in [0, 0.05) is 39.6 Å². The summed E-state index contributed by atoms with van der Waals surface area (Å²) in [6.07, 6.45) is 0.222. The standard InChI is InChI=1S/C25H32N4O3/c1-19-8-10-22(11-9-19)23(27-20(2)30)16-25(32)29-14-12-28(13-15-29)18-24(31)26-17-21-6-4-3-5-7-21/h3-11,23H,12-18H2,1-2H3,(H,26,31)(H,27,30). The second kappa shape index (κ2) is 11.4. The average molecular weight is 437 g/mol. The van der Waals surface area contributed by atoms with Crippen molar-refractivity contribution in [1.82, 2.24) is 20.4 Å². The van der Waals surface area contributed by atoms with E-state index in [1.165, 1.54) is 6.92 Å². The van der Waals surface area contributed by atoms with E-state index < -0.39 is 0 Å². The largest absolute Gasteiger partial charge is 0.351 e. The molecule has 0 radical (unpaired) electrons. The van der Waals surface area contributed by atoms with Gasteiger partial charge in [-0.25, -0.2) is 0 Å². The zero-order chi connectivity index (χ0) is 22.9. The molecule has 0 saturated carbocycles. The highest BCUT2D eigenvalue weighted by atomic mass is 16.2. The van der Waals surface area contributed by atoms with Crippen LogP contribution in [0.2, 0.25) is 0 Å². The van der Waals surface area contributed by atoms with Crippen molar-refractivity contribution in [3.05, 3.63) is 71.3 Å².